The molecular weight excluding hydrogens is 596 g/mol. The number of rotatable bonds is 11. The third-order valence-corrected chi connectivity index (χ3v) is 7.38. The molecule has 0 aliphatic rings. The fraction of sp³-hybridized carbons (Fsp3) is 0.424. The maximum absolute atomic E-state index is 13.8. The first-order chi connectivity index (χ1) is 21.3. The summed E-state index contributed by atoms with van der Waals surface area (Å²) in [5.41, 5.74) is 2.90. The number of hydrogen-bond acceptors (Lipinski definition) is 8. The summed E-state index contributed by atoms with van der Waals surface area (Å²) in [4.78, 5) is 38.6. The van der Waals surface area contributed by atoms with Crippen molar-refractivity contribution < 1.29 is 23.8 Å². The Morgan fingerprint density at radius 3 is 2.44 bits per heavy atom. The second kappa shape index (κ2) is 14.2. The van der Waals surface area contributed by atoms with E-state index >= 15 is 0 Å². The number of carbonyl (C=O) groups is 2. The first kappa shape index (κ1) is 33.5. The van der Waals surface area contributed by atoms with Crippen LogP contribution in [0.5, 0.6) is 11.5 Å². The molecule has 2 heterocycles. The Kier molecular flexibility index (Phi) is 10.5. The number of benzene rings is 2. The largest absolute Gasteiger partial charge is 0.493 e. The van der Waals surface area contributed by atoms with Gasteiger partial charge in [0, 0.05) is 61.0 Å². The Labute approximate surface area is 269 Å². The number of amides is 2. The van der Waals surface area contributed by atoms with Crippen LogP contribution in [0.15, 0.2) is 42.6 Å². The van der Waals surface area contributed by atoms with Gasteiger partial charge >= 0.3 is 6.09 Å². The van der Waals surface area contributed by atoms with Crippen LogP contribution in [0.4, 0.5) is 4.79 Å². The van der Waals surface area contributed by atoms with Gasteiger partial charge in [-0.1, -0.05) is 11.6 Å². The zero-order valence-corrected chi connectivity index (χ0v) is 27.9. The predicted molar refractivity (Wildman–Crippen MR) is 174 cm³/mol. The van der Waals surface area contributed by atoms with E-state index in [9.17, 15) is 9.59 Å². The normalized spacial score (nSPS) is 11.4. The van der Waals surface area contributed by atoms with Gasteiger partial charge in [-0.05, 0) is 77.4 Å². The summed E-state index contributed by atoms with van der Waals surface area (Å²) in [6.45, 7) is 11.5. The Hall–Kier alpha value is -4.38. The molecule has 0 saturated heterocycles. The van der Waals surface area contributed by atoms with E-state index in [4.69, 9.17) is 35.8 Å². The summed E-state index contributed by atoms with van der Waals surface area (Å²) < 4.78 is 18.9. The quantitative estimate of drug-likeness (QED) is 0.174. The number of ether oxygens (including phenoxy) is 3. The Morgan fingerprint density at radius 2 is 1.78 bits per heavy atom. The highest BCUT2D eigenvalue weighted by molar-refractivity contribution is 6.31. The molecule has 12 heteroatoms. The molecule has 2 aromatic heterocycles. The number of hydrogen-bond donors (Lipinski definition) is 0. The van der Waals surface area contributed by atoms with E-state index in [0.29, 0.717) is 64.9 Å². The third-order valence-electron chi connectivity index (χ3n) is 7.14. The van der Waals surface area contributed by atoms with Crippen molar-refractivity contribution in [1.82, 2.24) is 29.5 Å². The SMILES string of the molecule is CCn1ncc(CN(C)C(=O)c2nc(-c3ccc(OCCCN(C)C(=O)OC(C)(C)C)c(OC)c3)nc3ccc(Cl)cc23)c1C. The van der Waals surface area contributed by atoms with Gasteiger partial charge in [-0.2, -0.15) is 5.10 Å². The lowest BCUT2D eigenvalue weighted by molar-refractivity contribution is 0.0291. The molecular formula is C33H41ClN6O5. The fourth-order valence-corrected chi connectivity index (χ4v) is 4.87. The van der Waals surface area contributed by atoms with Gasteiger partial charge in [0.2, 0.25) is 0 Å². The molecule has 45 heavy (non-hydrogen) atoms. The summed E-state index contributed by atoms with van der Waals surface area (Å²) in [5.74, 6) is 1.12. The number of methoxy groups -OCH3 is 1. The minimum absolute atomic E-state index is 0.244. The molecule has 0 N–H and O–H groups in total. The molecule has 4 aromatic rings. The maximum atomic E-state index is 13.8. The second-order valence-electron chi connectivity index (χ2n) is 11.8. The van der Waals surface area contributed by atoms with E-state index in [1.807, 2.05) is 45.4 Å². The van der Waals surface area contributed by atoms with Crippen LogP contribution in [0.1, 0.15) is 55.9 Å². The van der Waals surface area contributed by atoms with Gasteiger partial charge in [0.1, 0.15) is 11.3 Å². The van der Waals surface area contributed by atoms with Gasteiger partial charge in [-0.25, -0.2) is 14.8 Å². The van der Waals surface area contributed by atoms with Gasteiger partial charge in [0.05, 0.1) is 25.4 Å². The van der Waals surface area contributed by atoms with Crippen LogP contribution in [0, 0.1) is 6.92 Å². The van der Waals surface area contributed by atoms with Gasteiger partial charge in [-0.3, -0.25) is 9.48 Å². The molecule has 0 radical (unpaired) electrons. The third kappa shape index (κ3) is 8.21. The zero-order valence-electron chi connectivity index (χ0n) is 27.2. The van der Waals surface area contributed by atoms with E-state index in [-0.39, 0.29) is 17.7 Å². The number of aromatic nitrogens is 4. The molecule has 0 fully saturated rings. The Morgan fingerprint density at radius 1 is 1.02 bits per heavy atom. The average Bonchev–Trinajstić information content (AvgIpc) is 3.35. The van der Waals surface area contributed by atoms with Gasteiger partial charge in [0.15, 0.2) is 17.3 Å². The monoisotopic (exact) mass is 636 g/mol. The van der Waals surface area contributed by atoms with Crippen molar-refractivity contribution in [3.63, 3.8) is 0 Å². The van der Waals surface area contributed by atoms with Gasteiger partial charge in [0.25, 0.3) is 5.91 Å². The Balaban J connectivity index is 1.55. The molecule has 11 nitrogen and oxygen atoms in total. The summed E-state index contributed by atoms with van der Waals surface area (Å²) in [7, 11) is 4.99. The lowest BCUT2D eigenvalue weighted by atomic mass is 10.1. The van der Waals surface area contributed by atoms with Crippen LogP contribution < -0.4 is 9.47 Å². The van der Waals surface area contributed by atoms with Crippen molar-refractivity contribution in [3.05, 3.63) is 64.6 Å². The summed E-state index contributed by atoms with van der Waals surface area (Å²) in [6.07, 6.45) is 2.00. The van der Waals surface area contributed by atoms with Crippen molar-refractivity contribution in [2.75, 3.05) is 34.4 Å². The minimum atomic E-state index is -0.554. The van der Waals surface area contributed by atoms with Crippen LogP contribution in [0.2, 0.25) is 5.02 Å². The maximum Gasteiger partial charge on any atom is 0.410 e. The second-order valence-corrected chi connectivity index (χ2v) is 12.2. The van der Waals surface area contributed by atoms with E-state index in [1.165, 1.54) is 4.90 Å². The summed E-state index contributed by atoms with van der Waals surface area (Å²) >= 11 is 6.32. The smallest absolute Gasteiger partial charge is 0.410 e. The van der Waals surface area contributed by atoms with E-state index in [2.05, 4.69) is 5.10 Å². The minimum Gasteiger partial charge on any atom is -0.493 e. The first-order valence-electron chi connectivity index (χ1n) is 14.8. The highest BCUT2D eigenvalue weighted by Gasteiger charge is 2.22. The van der Waals surface area contributed by atoms with Crippen LogP contribution >= 0.6 is 11.6 Å². The van der Waals surface area contributed by atoms with Crippen molar-refractivity contribution in [2.45, 2.75) is 59.7 Å². The highest BCUT2D eigenvalue weighted by atomic mass is 35.5. The molecule has 2 amide bonds. The summed E-state index contributed by atoms with van der Waals surface area (Å²) in [6, 6.07) is 10.6. The van der Waals surface area contributed by atoms with Crippen LogP contribution in [0.25, 0.3) is 22.3 Å². The molecule has 0 unspecified atom stereocenters. The molecule has 0 spiro atoms. The highest BCUT2D eigenvalue weighted by Crippen LogP contribution is 2.33. The fourth-order valence-electron chi connectivity index (χ4n) is 4.70. The molecule has 0 aliphatic heterocycles. The molecule has 0 saturated carbocycles. The number of nitrogens with zero attached hydrogens (tertiary/aromatic N) is 6. The Bertz CT molecular complexity index is 1680. The van der Waals surface area contributed by atoms with E-state index in [1.54, 1.807) is 62.6 Å². The molecule has 0 atom stereocenters. The number of aryl methyl sites for hydroxylation is 1. The first-order valence-corrected chi connectivity index (χ1v) is 15.2. The average molecular weight is 637 g/mol. The molecule has 2 aromatic carbocycles. The number of fused-ring (bicyclic) bond motifs is 1. The van der Waals surface area contributed by atoms with E-state index in [0.717, 1.165) is 17.8 Å². The zero-order chi connectivity index (χ0) is 32.9. The van der Waals surface area contributed by atoms with Crippen molar-refractivity contribution in [2.24, 2.45) is 0 Å². The van der Waals surface area contributed by atoms with Crippen molar-refractivity contribution >= 4 is 34.5 Å². The van der Waals surface area contributed by atoms with Crippen LogP contribution in [0.3, 0.4) is 0 Å². The molecule has 0 bridgehead atoms. The predicted octanol–water partition coefficient (Wildman–Crippen LogP) is 6.39. The van der Waals surface area contributed by atoms with Crippen molar-refractivity contribution in [3.8, 4) is 22.9 Å². The number of carbonyl (C=O) groups excluding carboxylic acids is 2. The molecule has 4 rings (SSSR count). The van der Waals surface area contributed by atoms with Crippen LogP contribution in [-0.4, -0.2) is 81.5 Å². The van der Waals surface area contributed by atoms with Crippen molar-refractivity contribution in [1.29, 1.82) is 0 Å². The molecule has 0 aliphatic carbocycles. The number of halogens is 1. The lowest BCUT2D eigenvalue weighted by Gasteiger charge is -2.24. The standard InChI is InChI=1S/C33H41ClN6O5/c1-9-40-21(2)23(19-35-40)20-39(7)31(41)29-25-18-24(34)12-13-26(25)36-30(37-29)22-11-14-27(28(17-22)43-8)44-16-10-15-38(6)32(42)45-33(3,4)5/h11-14,17-19H,9-10,15-16,20H2,1-8H3. The molecule has 240 valence electrons. The van der Waals surface area contributed by atoms with Crippen LogP contribution in [-0.2, 0) is 17.8 Å². The van der Waals surface area contributed by atoms with Gasteiger partial charge in [-0.15, -0.1) is 0 Å². The lowest BCUT2D eigenvalue weighted by Crippen LogP contribution is -2.35. The summed E-state index contributed by atoms with van der Waals surface area (Å²) in [5, 5.41) is 5.45. The van der Waals surface area contributed by atoms with E-state index < -0.39 is 5.60 Å². The van der Waals surface area contributed by atoms with Gasteiger partial charge < -0.3 is 24.0 Å². The topological polar surface area (TPSA) is 112 Å².